The summed E-state index contributed by atoms with van der Waals surface area (Å²) < 4.78 is 45.2. The Hall–Kier alpha value is -2.59. The molecule has 2 saturated heterocycles. The van der Waals surface area contributed by atoms with E-state index in [0.29, 0.717) is 12.7 Å². The van der Waals surface area contributed by atoms with Crippen molar-refractivity contribution in [3.8, 4) is 0 Å². The van der Waals surface area contributed by atoms with Gasteiger partial charge in [-0.3, -0.25) is 9.59 Å². The lowest BCUT2D eigenvalue weighted by atomic mass is 9.78. The number of carboxylic acids is 1. The quantitative estimate of drug-likeness (QED) is 0.154. The van der Waals surface area contributed by atoms with E-state index in [-0.39, 0.29) is 13.0 Å². The Kier molecular flexibility index (Phi) is 9.37. The second-order valence-electron chi connectivity index (χ2n) is 11.4. The molecule has 0 aliphatic carbocycles. The Morgan fingerprint density at radius 1 is 1.21 bits per heavy atom. The van der Waals surface area contributed by atoms with Gasteiger partial charge >= 0.3 is 29.4 Å². The lowest BCUT2D eigenvalue weighted by Gasteiger charge is -2.32. The first-order valence-electron chi connectivity index (χ1n) is 12.2. The number of hydrogen-bond acceptors (Lipinski definition) is 9. The third-order valence-corrected chi connectivity index (χ3v) is 8.22. The van der Waals surface area contributed by atoms with Gasteiger partial charge in [-0.1, -0.05) is 11.5 Å². The van der Waals surface area contributed by atoms with E-state index >= 15 is 0 Å². The SMILES string of the molecule is CC(C)(C)OC(=O)NCC(=O)NS(=O)(=O)N1C[C@H](CCCB2OC(C)(C)C(C)(C)O2)[C@](N=[N+]=[N-])(C(=O)O)C1. The van der Waals surface area contributed by atoms with E-state index < -0.39 is 76.6 Å². The Bertz CT molecular complexity index is 1070. The van der Waals surface area contributed by atoms with Gasteiger partial charge in [-0.2, -0.15) is 12.7 Å². The molecule has 2 amide bonds. The first-order chi connectivity index (χ1) is 17.2. The van der Waals surface area contributed by atoms with Crippen molar-refractivity contribution in [1.29, 1.82) is 0 Å². The molecule has 0 spiro atoms. The van der Waals surface area contributed by atoms with E-state index in [1.165, 1.54) is 0 Å². The molecule has 15 nitrogen and oxygen atoms in total. The summed E-state index contributed by atoms with van der Waals surface area (Å²) in [4.78, 5) is 38.8. The van der Waals surface area contributed by atoms with Gasteiger partial charge < -0.3 is 24.5 Å². The van der Waals surface area contributed by atoms with Crippen LogP contribution in [0.1, 0.15) is 61.3 Å². The summed E-state index contributed by atoms with van der Waals surface area (Å²) in [7, 11) is -5.05. The lowest BCUT2D eigenvalue weighted by Crippen LogP contribution is -2.49. The van der Waals surface area contributed by atoms with Crippen LogP contribution in [0.15, 0.2) is 5.11 Å². The number of alkyl carbamates (subject to hydrolysis) is 1. The Morgan fingerprint density at radius 3 is 2.29 bits per heavy atom. The van der Waals surface area contributed by atoms with Crippen LogP contribution in [-0.2, 0) is 33.8 Å². The van der Waals surface area contributed by atoms with Crippen LogP contribution < -0.4 is 10.0 Å². The van der Waals surface area contributed by atoms with Crippen molar-refractivity contribution in [3.63, 3.8) is 0 Å². The fourth-order valence-corrected chi connectivity index (χ4v) is 5.41. The number of nitrogens with zero attached hydrogens (tertiary/aromatic N) is 4. The average Bonchev–Trinajstić information content (AvgIpc) is 3.20. The van der Waals surface area contributed by atoms with Crippen LogP contribution in [0, 0.1) is 5.92 Å². The van der Waals surface area contributed by atoms with E-state index in [4.69, 9.17) is 19.6 Å². The summed E-state index contributed by atoms with van der Waals surface area (Å²) in [6, 6.07) is 0. The van der Waals surface area contributed by atoms with Crippen molar-refractivity contribution in [2.24, 2.45) is 11.0 Å². The Balaban J connectivity index is 2.07. The number of carboxylic acid groups (broad SMARTS) is 1. The highest BCUT2D eigenvalue weighted by Crippen LogP contribution is 2.40. The number of ether oxygens (including phenoxy) is 1. The van der Waals surface area contributed by atoms with Gasteiger partial charge in [-0.05, 0) is 72.7 Å². The van der Waals surface area contributed by atoms with Crippen LogP contribution >= 0.6 is 0 Å². The minimum atomic E-state index is -4.52. The van der Waals surface area contributed by atoms with Crippen LogP contribution in [0.3, 0.4) is 0 Å². The van der Waals surface area contributed by atoms with Gasteiger partial charge in [0.15, 0.2) is 5.54 Å². The second kappa shape index (κ2) is 11.3. The number of carbonyl (C=O) groups excluding carboxylic acids is 2. The molecule has 38 heavy (non-hydrogen) atoms. The Labute approximate surface area is 222 Å². The molecule has 2 heterocycles. The number of hydrogen-bond donors (Lipinski definition) is 3. The molecule has 214 valence electrons. The molecule has 2 atom stereocenters. The molecule has 17 heteroatoms. The molecule has 2 aliphatic heterocycles. The highest BCUT2D eigenvalue weighted by Gasteiger charge is 2.55. The molecule has 0 aromatic carbocycles. The molecular weight excluding hydrogens is 523 g/mol. The fourth-order valence-electron chi connectivity index (χ4n) is 4.18. The number of carbonyl (C=O) groups is 3. The van der Waals surface area contributed by atoms with Crippen molar-refractivity contribution < 1.29 is 42.0 Å². The maximum absolute atomic E-state index is 12.9. The highest BCUT2D eigenvalue weighted by molar-refractivity contribution is 7.87. The molecule has 0 bridgehead atoms. The zero-order valence-electron chi connectivity index (χ0n) is 22.8. The molecule has 2 aliphatic rings. The second-order valence-corrected chi connectivity index (χ2v) is 13.1. The predicted molar refractivity (Wildman–Crippen MR) is 136 cm³/mol. The predicted octanol–water partition coefficient (Wildman–Crippen LogP) is 1.81. The zero-order valence-corrected chi connectivity index (χ0v) is 23.6. The smallest absolute Gasteiger partial charge is 0.457 e. The third kappa shape index (κ3) is 7.50. The summed E-state index contributed by atoms with van der Waals surface area (Å²) in [5.74, 6) is -3.43. The minimum absolute atomic E-state index is 0.190. The monoisotopic (exact) mass is 560 g/mol. The Morgan fingerprint density at radius 2 is 1.79 bits per heavy atom. The topological polar surface area (TPSA) is 209 Å². The number of amides is 2. The first kappa shape index (κ1) is 31.6. The van der Waals surface area contributed by atoms with Gasteiger partial charge in [0, 0.05) is 18.0 Å². The molecular formula is C21H37BN6O9S. The summed E-state index contributed by atoms with van der Waals surface area (Å²) in [6.45, 7) is 10.8. The van der Waals surface area contributed by atoms with Crippen molar-refractivity contribution in [1.82, 2.24) is 14.3 Å². The lowest BCUT2D eigenvalue weighted by molar-refractivity contribution is -0.144. The molecule has 2 rings (SSSR count). The summed E-state index contributed by atoms with van der Waals surface area (Å²) in [5, 5.41) is 15.6. The van der Waals surface area contributed by atoms with E-state index in [9.17, 15) is 27.9 Å². The molecule has 0 saturated carbocycles. The molecule has 0 unspecified atom stereocenters. The maximum atomic E-state index is 12.9. The fraction of sp³-hybridized carbons (Fsp3) is 0.857. The van der Waals surface area contributed by atoms with Crippen LogP contribution in [0.25, 0.3) is 10.4 Å². The van der Waals surface area contributed by atoms with Crippen LogP contribution in [-0.4, -0.2) is 84.9 Å². The molecule has 0 aromatic heterocycles. The van der Waals surface area contributed by atoms with Crippen molar-refractivity contribution in [2.75, 3.05) is 19.6 Å². The molecule has 0 aromatic rings. The zero-order chi connectivity index (χ0) is 29.2. The van der Waals surface area contributed by atoms with Crippen LogP contribution in [0.2, 0.25) is 6.32 Å². The van der Waals surface area contributed by atoms with Gasteiger partial charge in [0.1, 0.15) is 12.1 Å². The summed E-state index contributed by atoms with van der Waals surface area (Å²) in [5.41, 5.74) is 5.10. The van der Waals surface area contributed by atoms with E-state index in [1.807, 2.05) is 27.7 Å². The van der Waals surface area contributed by atoms with Crippen molar-refractivity contribution in [2.45, 2.75) is 90.0 Å². The van der Waals surface area contributed by atoms with Crippen LogP contribution in [0.4, 0.5) is 4.79 Å². The van der Waals surface area contributed by atoms with Gasteiger partial charge in [-0.25, -0.2) is 9.52 Å². The molecule has 2 fully saturated rings. The van der Waals surface area contributed by atoms with E-state index in [0.717, 1.165) is 4.31 Å². The molecule has 0 radical (unpaired) electrons. The molecule has 3 N–H and O–H groups in total. The van der Waals surface area contributed by atoms with E-state index in [2.05, 4.69) is 15.3 Å². The van der Waals surface area contributed by atoms with Gasteiger partial charge in [0.2, 0.25) is 0 Å². The van der Waals surface area contributed by atoms with Crippen molar-refractivity contribution >= 4 is 35.3 Å². The standard InChI is InChI=1S/C21H37BN6O9S/c1-18(2,3)35-17(32)24-11-15(29)25-38(33,34)28-12-14(21(13-28,16(30)31)26-27-23)9-8-10-22-36-19(4,5)20(6,7)37-22/h14H,8-13H2,1-7H3,(H,24,32)(H,25,29)(H,30,31)/t14-,21-/m0/s1. The first-order valence-corrected chi connectivity index (χ1v) is 13.6. The number of nitrogens with one attached hydrogen (secondary N) is 2. The van der Waals surface area contributed by atoms with E-state index in [1.54, 1.807) is 25.5 Å². The number of rotatable bonds is 10. The van der Waals surface area contributed by atoms with Crippen molar-refractivity contribution in [3.05, 3.63) is 10.4 Å². The van der Waals surface area contributed by atoms with Crippen LogP contribution in [0.5, 0.6) is 0 Å². The summed E-state index contributed by atoms with van der Waals surface area (Å²) >= 11 is 0. The minimum Gasteiger partial charge on any atom is -0.481 e. The summed E-state index contributed by atoms with van der Waals surface area (Å²) in [6.07, 6.45) is 0.0870. The van der Waals surface area contributed by atoms with Gasteiger partial charge in [-0.15, -0.1) is 0 Å². The normalized spacial score (nSPS) is 24.9. The van der Waals surface area contributed by atoms with Gasteiger partial charge in [0.05, 0.1) is 11.2 Å². The highest BCUT2D eigenvalue weighted by atomic mass is 32.2. The average molecular weight is 560 g/mol. The number of aliphatic carboxylic acids is 1. The third-order valence-electron chi connectivity index (χ3n) is 6.78. The number of azide groups is 1. The maximum Gasteiger partial charge on any atom is 0.457 e. The van der Waals surface area contributed by atoms with Gasteiger partial charge in [0.25, 0.3) is 5.91 Å². The largest absolute Gasteiger partial charge is 0.481 e.